The number of aromatic hydroxyl groups is 1. The van der Waals surface area contributed by atoms with Gasteiger partial charge in [0.15, 0.2) is 5.75 Å². The van der Waals surface area contributed by atoms with Crippen molar-refractivity contribution in [2.75, 3.05) is 10.3 Å². The van der Waals surface area contributed by atoms with Crippen LogP contribution >= 0.6 is 45.9 Å². The van der Waals surface area contributed by atoms with Crippen LogP contribution in [-0.4, -0.2) is 79.5 Å². The second-order valence-electron chi connectivity index (χ2n) is 6.78. The minimum atomic E-state index is -0.489. The molecule has 1 aromatic carbocycles. The molecule has 0 atom stereocenters. The van der Waals surface area contributed by atoms with Crippen molar-refractivity contribution in [2.24, 2.45) is 5.10 Å². The number of benzene rings is 1. The van der Waals surface area contributed by atoms with Crippen LogP contribution in [0, 0.1) is 0 Å². The van der Waals surface area contributed by atoms with Gasteiger partial charge in [0.05, 0.1) is 36.6 Å². The summed E-state index contributed by atoms with van der Waals surface area (Å²) in [5.41, 5.74) is 1.41. The quantitative estimate of drug-likeness (QED) is 0.165. The number of pyridine rings is 1. The molecule has 4 aromatic rings. The fraction of sp³-hybridized carbons (Fsp3) is 0.0435. The van der Waals surface area contributed by atoms with Crippen LogP contribution in [0.1, 0.15) is 26.3 Å². The molecule has 3 aromatic heterocycles. The third kappa shape index (κ3) is 6.40. The topological polar surface area (TPSA) is 94.9 Å². The Morgan fingerprint density at radius 2 is 1.91 bits per heavy atom. The summed E-state index contributed by atoms with van der Waals surface area (Å²) in [6.45, 7) is 1.66. The number of hydrogen-bond donors (Lipinski definition) is 2. The Labute approximate surface area is 261 Å². The monoisotopic (exact) mass is 570 g/mol. The summed E-state index contributed by atoms with van der Waals surface area (Å²) in [5.74, 6) is -0.964. The van der Waals surface area contributed by atoms with E-state index in [1.165, 1.54) is 23.7 Å². The van der Waals surface area contributed by atoms with Crippen molar-refractivity contribution in [1.82, 2.24) is 4.98 Å². The molecule has 0 aliphatic rings. The Bertz CT molecular complexity index is 1390. The van der Waals surface area contributed by atoms with Gasteiger partial charge in [-0.15, -0.1) is 22.7 Å². The summed E-state index contributed by atoms with van der Waals surface area (Å²) in [7, 11) is 0. The molecule has 12 heteroatoms. The van der Waals surface area contributed by atoms with Crippen LogP contribution in [0.15, 0.2) is 65.3 Å². The SMILES string of the molecule is CC=NN(C(=O)c1ccc(C(=O)Nc2cccnc2)s1)c1csc(-c2ccc(Cl)c(Cl)c2)c1O.[KH]. The van der Waals surface area contributed by atoms with E-state index in [0.29, 0.717) is 31.1 Å². The average Bonchev–Trinajstić information content (AvgIpc) is 3.47. The van der Waals surface area contributed by atoms with Crippen LogP contribution in [0.2, 0.25) is 10.0 Å². The van der Waals surface area contributed by atoms with Gasteiger partial charge in [-0.3, -0.25) is 14.6 Å². The molecule has 0 saturated heterocycles. The van der Waals surface area contributed by atoms with Gasteiger partial charge in [-0.05, 0) is 48.9 Å². The number of amides is 2. The first-order chi connectivity index (χ1) is 16.4. The molecule has 0 unspecified atom stereocenters. The third-order valence-electron chi connectivity index (χ3n) is 4.54. The number of anilines is 2. The summed E-state index contributed by atoms with van der Waals surface area (Å²) >= 11 is 14.4. The Balaban J connectivity index is 0.00000342. The molecule has 0 radical (unpaired) electrons. The molecular formula is C23H17Cl2KN4O3S2. The molecule has 0 saturated carbocycles. The van der Waals surface area contributed by atoms with Crippen molar-refractivity contribution in [3.63, 3.8) is 0 Å². The molecular weight excluding hydrogens is 554 g/mol. The molecule has 0 fully saturated rings. The van der Waals surface area contributed by atoms with E-state index in [1.807, 2.05) is 0 Å². The first kappa shape index (κ1) is 28.0. The molecule has 4 rings (SSSR count). The van der Waals surface area contributed by atoms with Gasteiger partial charge in [-0.25, -0.2) is 0 Å². The Kier molecular flexibility index (Phi) is 10.0. The average molecular weight is 572 g/mol. The van der Waals surface area contributed by atoms with E-state index >= 15 is 0 Å². The number of carbonyl (C=O) groups excluding carboxylic acids is 2. The van der Waals surface area contributed by atoms with E-state index in [-0.39, 0.29) is 73.6 Å². The Morgan fingerprint density at radius 3 is 2.60 bits per heavy atom. The van der Waals surface area contributed by atoms with Crippen LogP contribution in [0.25, 0.3) is 10.4 Å². The van der Waals surface area contributed by atoms with Crippen LogP contribution in [0.3, 0.4) is 0 Å². The van der Waals surface area contributed by atoms with Crippen LogP contribution in [0.4, 0.5) is 11.4 Å². The van der Waals surface area contributed by atoms with Crippen molar-refractivity contribution in [2.45, 2.75) is 6.92 Å². The van der Waals surface area contributed by atoms with E-state index in [9.17, 15) is 14.7 Å². The third-order valence-corrected chi connectivity index (χ3v) is 7.36. The molecule has 0 spiro atoms. The van der Waals surface area contributed by atoms with E-state index < -0.39 is 5.91 Å². The summed E-state index contributed by atoms with van der Waals surface area (Å²) in [5, 5.41) is 21.2. The molecule has 0 aliphatic heterocycles. The zero-order chi connectivity index (χ0) is 24.2. The number of halogens is 2. The number of rotatable bonds is 6. The zero-order valence-corrected chi connectivity index (χ0v) is 20.7. The number of nitrogens with one attached hydrogen (secondary N) is 1. The molecule has 2 amide bonds. The second kappa shape index (κ2) is 12.6. The Morgan fingerprint density at radius 1 is 1.14 bits per heavy atom. The van der Waals surface area contributed by atoms with Gasteiger partial charge in [-0.1, -0.05) is 29.3 Å². The van der Waals surface area contributed by atoms with Crippen LogP contribution in [0.5, 0.6) is 5.75 Å². The fourth-order valence-electron chi connectivity index (χ4n) is 2.98. The number of hydrogen-bond acceptors (Lipinski definition) is 7. The van der Waals surface area contributed by atoms with Crippen molar-refractivity contribution in [1.29, 1.82) is 0 Å². The molecule has 2 N–H and O–H groups in total. The van der Waals surface area contributed by atoms with E-state index in [0.717, 1.165) is 16.3 Å². The minimum absolute atomic E-state index is 0. The maximum absolute atomic E-state index is 13.3. The van der Waals surface area contributed by atoms with Crippen LogP contribution in [-0.2, 0) is 0 Å². The normalized spacial score (nSPS) is 10.7. The van der Waals surface area contributed by atoms with Gasteiger partial charge in [0.25, 0.3) is 11.8 Å². The summed E-state index contributed by atoms with van der Waals surface area (Å²) in [6, 6.07) is 11.5. The fourth-order valence-corrected chi connectivity index (χ4v) is 5.03. The molecule has 3 heterocycles. The number of aromatic nitrogens is 1. The summed E-state index contributed by atoms with van der Waals surface area (Å²) in [6.07, 6.45) is 4.57. The number of thiophene rings is 2. The standard InChI is InChI=1S/C23H16Cl2N4O3S2.K.H/c1-2-27-29(17-12-33-21(20(17)30)13-5-6-15(24)16(25)10-13)23(32)19-8-7-18(34-19)22(31)28-14-4-3-9-26-11-14;;/h2-12,30H,1H3,(H,28,31);;. The van der Waals surface area contributed by atoms with E-state index in [4.69, 9.17) is 23.2 Å². The predicted molar refractivity (Wildman–Crippen MR) is 146 cm³/mol. The van der Waals surface area contributed by atoms with Crippen LogP contribution < -0.4 is 10.3 Å². The van der Waals surface area contributed by atoms with Gasteiger partial charge < -0.3 is 10.4 Å². The van der Waals surface area contributed by atoms with Gasteiger partial charge in [0.2, 0.25) is 0 Å². The van der Waals surface area contributed by atoms with Crippen molar-refractivity contribution in [3.8, 4) is 16.2 Å². The predicted octanol–water partition coefficient (Wildman–Crippen LogP) is 6.14. The van der Waals surface area contributed by atoms with Crippen molar-refractivity contribution >= 4 is 127 Å². The van der Waals surface area contributed by atoms with Gasteiger partial charge in [0.1, 0.15) is 5.69 Å². The van der Waals surface area contributed by atoms with Crippen molar-refractivity contribution in [3.05, 3.63) is 80.0 Å². The second-order valence-corrected chi connectivity index (χ2v) is 9.56. The molecule has 174 valence electrons. The molecule has 7 nitrogen and oxygen atoms in total. The maximum atomic E-state index is 13.3. The Hall–Kier alpha value is -1.60. The van der Waals surface area contributed by atoms with Gasteiger partial charge in [0, 0.05) is 17.8 Å². The van der Waals surface area contributed by atoms with Gasteiger partial charge in [-0.2, -0.15) is 10.1 Å². The zero-order valence-electron chi connectivity index (χ0n) is 17.5. The van der Waals surface area contributed by atoms with Gasteiger partial charge >= 0.3 is 51.4 Å². The number of carbonyl (C=O) groups is 2. The first-order valence-electron chi connectivity index (χ1n) is 9.79. The van der Waals surface area contributed by atoms with Crippen molar-refractivity contribution < 1.29 is 14.7 Å². The number of nitrogens with zero attached hydrogens (tertiary/aromatic N) is 3. The summed E-state index contributed by atoms with van der Waals surface area (Å²) in [4.78, 5) is 30.9. The number of hydrazone groups is 1. The van der Waals surface area contributed by atoms with E-state index in [2.05, 4.69) is 15.4 Å². The first-order valence-corrected chi connectivity index (χ1v) is 12.2. The molecule has 35 heavy (non-hydrogen) atoms. The van der Waals surface area contributed by atoms with E-state index in [1.54, 1.807) is 61.0 Å². The molecule has 0 bridgehead atoms. The molecule has 0 aliphatic carbocycles. The summed E-state index contributed by atoms with van der Waals surface area (Å²) < 4.78 is 0.